The predicted molar refractivity (Wildman–Crippen MR) is 156 cm³/mol. The predicted octanol–water partition coefficient (Wildman–Crippen LogP) is 5.74. The second-order valence-electron chi connectivity index (χ2n) is 9.58. The number of aliphatic hydroxyl groups excluding tert-OH is 1. The number of nitrogens with zero attached hydrogens (tertiary/aromatic N) is 2. The molecule has 4 rings (SSSR count). The van der Waals surface area contributed by atoms with E-state index in [1.807, 2.05) is 78.9 Å². The van der Waals surface area contributed by atoms with Gasteiger partial charge in [0.05, 0.1) is 22.4 Å². The van der Waals surface area contributed by atoms with Crippen LogP contribution < -0.4 is 11.1 Å². The van der Waals surface area contributed by atoms with Gasteiger partial charge in [-0.3, -0.25) is 0 Å². The fourth-order valence-electron chi connectivity index (χ4n) is 4.09. The second kappa shape index (κ2) is 13.6. The fourth-order valence-corrected chi connectivity index (χ4v) is 6.00. The summed E-state index contributed by atoms with van der Waals surface area (Å²) in [5.74, 6) is 0.379. The Morgan fingerprint density at radius 3 is 2.42 bits per heavy atom. The van der Waals surface area contributed by atoms with Crippen LogP contribution in [0.2, 0.25) is 0 Å². The van der Waals surface area contributed by atoms with Crippen molar-refractivity contribution in [3.63, 3.8) is 0 Å². The van der Waals surface area contributed by atoms with E-state index in [4.69, 9.17) is 10.5 Å². The Balaban J connectivity index is 1.45. The molecule has 200 valence electrons. The second-order valence-corrected chi connectivity index (χ2v) is 11.8. The number of anilines is 1. The Morgan fingerprint density at radius 1 is 1.05 bits per heavy atom. The SMILES string of the molecule is CC(C)CN(C[C@@H](O)[C@H](Cc1ccccc1)NC(=O)OCc1ccccc1)Sc1ccc2sc(N)nc2c1. The first kappa shape index (κ1) is 27.9. The van der Waals surface area contributed by atoms with E-state index in [9.17, 15) is 9.90 Å². The number of hydrogen-bond donors (Lipinski definition) is 3. The molecule has 1 heterocycles. The number of rotatable bonds is 12. The summed E-state index contributed by atoms with van der Waals surface area (Å²) in [6.07, 6.45) is -0.903. The Labute approximate surface area is 232 Å². The number of nitrogen functional groups attached to an aromatic ring is 1. The van der Waals surface area contributed by atoms with Crippen LogP contribution in [0.1, 0.15) is 25.0 Å². The summed E-state index contributed by atoms with van der Waals surface area (Å²) in [5, 5.41) is 14.9. The zero-order valence-electron chi connectivity index (χ0n) is 21.6. The van der Waals surface area contributed by atoms with E-state index in [1.165, 1.54) is 11.3 Å². The van der Waals surface area contributed by atoms with Crippen LogP contribution in [0.15, 0.2) is 83.8 Å². The van der Waals surface area contributed by atoms with Crippen LogP contribution >= 0.6 is 23.3 Å². The molecular weight excluding hydrogens is 516 g/mol. The number of carbonyl (C=O) groups is 1. The smallest absolute Gasteiger partial charge is 0.407 e. The Bertz CT molecular complexity index is 1300. The van der Waals surface area contributed by atoms with Gasteiger partial charge in [-0.2, -0.15) is 0 Å². The van der Waals surface area contributed by atoms with Gasteiger partial charge in [0.2, 0.25) is 0 Å². The van der Waals surface area contributed by atoms with Gasteiger partial charge < -0.3 is 20.9 Å². The number of alkyl carbamates (subject to hydrolysis) is 1. The monoisotopic (exact) mass is 550 g/mol. The summed E-state index contributed by atoms with van der Waals surface area (Å²) >= 11 is 3.04. The van der Waals surface area contributed by atoms with E-state index in [0.717, 1.165) is 32.8 Å². The number of benzene rings is 3. The van der Waals surface area contributed by atoms with Crippen molar-refractivity contribution in [3.05, 3.63) is 90.0 Å². The molecule has 0 bridgehead atoms. The van der Waals surface area contributed by atoms with Crippen LogP contribution in [-0.4, -0.2) is 45.7 Å². The van der Waals surface area contributed by atoms with E-state index in [-0.39, 0.29) is 6.61 Å². The van der Waals surface area contributed by atoms with Crippen molar-refractivity contribution in [2.45, 2.75) is 43.9 Å². The average molecular weight is 551 g/mol. The summed E-state index contributed by atoms with van der Waals surface area (Å²) in [5.41, 5.74) is 8.67. The number of nitrogens with two attached hydrogens (primary N) is 1. The molecule has 0 saturated carbocycles. The molecule has 7 nitrogen and oxygen atoms in total. The topological polar surface area (TPSA) is 101 Å². The van der Waals surface area contributed by atoms with Crippen LogP contribution in [0, 0.1) is 5.92 Å². The largest absolute Gasteiger partial charge is 0.445 e. The molecule has 0 spiro atoms. The zero-order chi connectivity index (χ0) is 26.9. The van der Waals surface area contributed by atoms with Crippen LogP contribution in [0.3, 0.4) is 0 Å². The Hall–Kier alpha value is -3.11. The zero-order valence-corrected chi connectivity index (χ0v) is 23.3. The molecule has 9 heteroatoms. The molecule has 1 amide bonds. The number of fused-ring (bicyclic) bond motifs is 1. The number of thiazole rings is 1. The Kier molecular flexibility index (Phi) is 10.0. The van der Waals surface area contributed by atoms with Gasteiger partial charge in [-0.1, -0.05) is 85.8 Å². The van der Waals surface area contributed by atoms with Gasteiger partial charge in [0.1, 0.15) is 6.61 Å². The third-order valence-corrected chi connectivity index (χ3v) is 7.74. The summed E-state index contributed by atoms with van der Waals surface area (Å²) in [7, 11) is 0. The van der Waals surface area contributed by atoms with Gasteiger partial charge in [-0.15, -0.1) is 0 Å². The van der Waals surface area contributed by atoms with Crippen molar-refractivity contribution in [1.29, 1.82) is 0 Å². The van der Waals surface area contributed by atoms with Crippen molar-refractivity contribution in [3.8, 4) is 0 Å². The summed E-state index contributed by atoms with van der Waals surface area (Å²) in [6, 6.07) is 24.9. The first-order valence-corrected chi connectivity index (χ1v) is 14.2. The number of aromatic nitrogens is 1. The van der Waals surface area contributed by atoms with Gasteiger partial charge in [-0.05, 0) is 53.6 Å². The molecule has 0 saturated heterocycles. The van der Waals surface area contributed by atoms with Gasteiger partial charge in [-0.25, -0.2) is 14.1 Å². The van der Waals surface area contributed by atoms with Crippen molar-refractivity contribution >= 4 is 44.7 Å². The third-order valence-electron chi connectivity index (χ3n) is 5.85. The average Bonchev–Trinajstić information content (AvgIpc) is 3.27. The molecule has 2 atom stereocenters. The van der Waals surface area contributed by atoms with Crippen LogP contribution in [0.25, 0.3) is 10.2 Å². The number of ether oxygens (including phenoxy) is 1. The fraction of sp³-hybridized carbons (Fsp3) is 0.310. The number of aliphatic hydroxyl groups is 1. The normalized spacial score (nSPS) is 13.1. The highest BCUT2D eigenvalue weighted by molar-refractivity contribution is 7.97. The molecular formula is C29H34N4O3S2. The quantitative estimate of drug-likeness (QED) is 0.193. The van der Waals surface area contributed by atoms with Crippen LogP contribution in [0.4, 0.5) is 9.93 Å². The minimum atomic E-state index is -0.829. The van der Waals surface area contributed by atoms with Gasteiger partial charge in [0.15, 0.2) is 5.13 Å². The number of nitrogens with one attached hydrogen (secondary N) is 1. The lowest BCUT2D eigenvalue weighted by Crippen LogP contribution is -2.49. The maximum atomic E-state index is 12.7. The maximum Gasteiger partial charge on any atom is 0.407 e. The van der Waals surface area contributed by atoms with E-state index >= 15 is 0 Å². The molecule has 38 heavy (non-hydrogen) atoms. The van der Waals surface area contributed by atoms with Crippen molar-refractivity contribution in [1.82, 2.24) is 14.6 Å². The van der Waals surface area contributed by atoms with Gasteiger partial charge >= 0.3 is 6.09 Å². The maximum absolute atomic E-state index is 12.7. The first-order chi connectivity index (χ1) is 18.4. The van der Waals surface area contributed by atoms with Gasteiger partial charge in [0.25, 0.3) is 0 Å². The van der Waals surface area contributed by atoms with Crippen LogP contribution in [0.5, 0.6) is 0 Å². The molecule has 0 fully saturated rings. The van der Waals surface area contributed by atoms with E-state index in [0.29, 0.717) is 24.0 Å². The van der Waals surface area contributed by atoms with Crippen LogP contribution in [-0.2, 0) is 17.8 Å². The molecule has 4 aromatic rings. The van der Waals surface area contributed by atoms with Crippen molar-refractivity contribution in [2.24, 2.45) is 5.92 Å². The third kappa shape index (κ3) is 8.46. The molecule has 1 aromatic heterocycles. The van der Waals surface area contributed by atoms with E-state index in [1.54, 1.807) is 11.9 Å². The highest BCUT2D eigenvalue weighted by Crippen LogP contribution is 2.31. The lowest BCUT2D eigenvalue weighted by molar-refractivity contribution is 0.0892. The standard InChI is InChI=1S/C29H34N4O3S2/c1-20(2)17-33(38-23-13-14-27-25(16-23)31-28(30)37-27)18-26(34)24(15-21-9-5-3-6-10-21)32-29(35)36-19-22-11-7-4-8-12-22/h3-14,16,20,24,26,34H,15,17-19H2,1-2H3,(H2,30,31)(H,32,35)/t24-,26+/m0/s1. The Morgan fingerprint density at radius 2 is 1.74 bits per heavy atom. The number of hydrogen-bond acceptors (Lipinski definition) is 8. The minimum Gasteiger partial charge on any atom is -0.445 e. The molecule has 0 aliphatic rings. The van der Waals surface area contributed by atoms with Crippen molar-refractivity contribution < 1.29 is 14.6 Å². The summed E-state index contributed by atoms with van der Waals surface area (Å²) in [4.78, 5) is 18.1. The number of carbonyl (C=O) groups excluding carboxylic acids is 1. The highest BCUT2D eigenvalue weighted by Gasteiger charge is 2.26. The highest BCUT2D eigenvalue weighted by atomic mass is 32.2. The first-order valence-electron chi connectivity index (χ1n) is 12.6. The molecule has 0 unspecified atom stereocenters. The van der Waals surface area contributed by atoms with E-state index in [2.05, 4.69) is 28.5 Å². The molecule has 0 radical (unpaired) electrons. The molecule has 4 N–H and O–H groups in total. The minimum absolute atomic E-state index is 0.166. The molecule has 3 aromatic carbocycles. The van der Waals surface area contributed by atoms with Gasteiger partial charge in [0, 0.05) is 18.0 Å². The summed E-state index contributed by atoms with van der Waals surface area (Å²) < 4.78 is 8.64. The number of amides is 1. The molecule has 0 aliphatic heterocycles. The van der Waals surface area contributed by atoms with E-state index < -0.39 is 18.2 Å². The lowest BCUT2D eigenvalue weighted by Gasteiger charge is -2.30. The molecule has 0 aliphatic carbocycles. The lowest BCUT2D eigenvalue weighted by atomic mass is 10.0. The van der Waals surface area contributed by atoms with Crippen molar-refractivity contribution in [2.75, 3.05) is 18.8 Å². The summed E-state index contributed by atoms with van der Waals surface area (Å²) in [6.45, 7) is 5.57.